The Morgan fingerprint density at radius 1 is 0.476 bits per heavy atom. The highest BCUT2D eigenvalue weighted by molar-refractivity contribution is 5.33. The van der Waals surface area contributed by atoms with Crippen LogP contribution in [0.15, 0.2) is 72.9 Å². The number of allylic oxidation sites excluding steroid dienone is 12. The van der Waals surface area contributed by atoms with E-state index in [0.717, 1.165) is 5.92 Å². The molecule has 2 fully saturated rings. The minimum absolute atomic E-state index is 0.531. The largest absolute Gasteiger partial charge is 0.0805 e. The lowest BCUT2D eigenvalue weighted by molar-refractivity contribution is 0.0836. The highest BCUT2D eigenvalue weighted by Gasteiger charge is 2.55. The predicted octanol–water partition coefficient (Wildman–Crippen LogP) is 4.40. The van der Waals surface area contributed by atoms with E-state index in [4.69, 9.17) is 0 Å². The monoisotopic (exact) mass is 272 g/mol. The van der Waals surface area contributed by atoms with E-state index < -0.39 is 0 Å². The number of fused-ring (bicyclic) bond motifs is 8. The summed E-state index contributed by atoms with van der Waals surface area (Å²) in [5, 5.41) is 0. The first-order chi connectivity index (χ1) is 10.4. The third-order valence-electron chi connectivity index (χ3n) is 6.17. The average Bonchev–Trinajstić information content (AvgIpc) is 2.95. The van der Waals surface area contributed by atoms with Gasteiger partial charge in [-0.2, -0.15) is 0 Å². The summed E-state index contributed by atoms with van der Waals surface area (Å²) in [6, 6.07) is 0. The minimum atomic E-state index is 0.531. The zero-order valence-electron chi connectivity index (χ0n) is 12.0. The van der Waals surface area contributed by atoms with Crippen LogP contribution in [0.1, 0.15) is 0 Å². The van der Waals surface area contributed by atoms with Crippen LogP contribution >= 0.6 is 0 Å². The van der Waals surface area contributed by atoms with E-state index in [1.54, 1.807) is 0 Å². The van der Waals surface area contributed by atoms with Crippen LogP contribution in [-0.2, 0) is 0 Å². The van der Waals surface area contributed by atoms with Crippen molar-refractivity contribution in [2.45, 2.75) is 0 Å². The molecule has 0 saturated heterocycles. The number of rotatable bonds is 0. The van der Waals surface area contributed by atoms with E-state index >= 15 is 0 Å². The Bertz CT molecular complexity index is 612. The molecule has 0 aromatic heterocycles. The van der Waals surface area contributed by atoms with Crippen LogP contribution in [-0.4, -0.2) is 0 Å². The number of hydrogen-bond donors (Lipinski definition) is 0. The first kappa shape index (κ1) is 12.0. The van der Waals surface area contributed by atoms with Gasteiger partial charge in [-0.1, -0.05) is 72.9 Å². The molecule has 0 heteroatoms. The molecule has 0 spiro atoms. The number of hydrogen-bond acceptors (Lipinski definition) is 0. The molecule has 104 valence electrons. The Morgan fingerprint density at radius 2 is 1.00 bits per heavy atom. The van der Waals surface area contributed by atoms with Gasteiger partial charge in [0.25, 0.3) is 0 Å². The molecule has 0 heterocycles. The van der Waals surface area contributed by atoms with Crippen molar-refractivity contribution in [2.75, 3.05) is 0 Å². The van der Waals surface area contributed by atoms with Gasteiger partial charge in [0.15, 0.2) is 0 Å². The van der Waals surface area contributed by atoms with Gasteiger partial charge >= 0.3 is 0 Å². The van der Waals surface area contributed by atoms with Gasteiger partial charge in [-0.05, 0) is 53.8 Å². The summed E-state index contributed by atoms with van der Waals surface area (Å²) >= 11 is 0. The van der Waals surface area contributed by atoms with Crippen molar-refractivity contribution in [1.29, 1.82) is 0 Å². The maximum Gasteiger partial charge on any atom is -0.00493 e. The summed E-state index contributed by atoms with van der Waals surface area (Å²) in [5.41, 5.74) is 0. The van der Waals surface area contributed by atoms with Gasteiger partial charge in [-0.15, -0.1) is 0 Å². The summed E-state index contributed by atoms with van der Waals surface area (Å²) < 4.78 is 0. The maximum absolute atomic E-state index is 3.95. The van der Waals surface area contributed by atoms with Gasteiger partial charge in [0, 0.05) is 0 Å². The topological polar surface area (TPSA) is 0 Å². The fourth-order valence-electron chi connectivity index (χ4n) is 5.39. The maximum atomic E-state index is 3.95. The molecule has 5 rings (SSSR count). The smallest absolute Gasteiger partial charge is 0.00493 e. The Balaban J connectivity index is 1.61. The molecule has 0 N–H and O–H groups in total. The Labute approximate surface area is 127 Å². The van der Waals surface area contributed by atoms with Gasteiger partial charge in [-0.25, -0.2) is 0 Å². The standard InChI is InChI=1S/C21H20/c1-2-8-15-14(7-1)13-20-18-11-4-3-9-16(18)17-10-5-6-12-19(17)21(15)20/h1-12,14-21H. The molecule has 0 nitrogen and oxygen atoms in total. The molecule has 21 heavy (non-hydrogen) atoms. The second-order valence-electron chi connectivity index (χ2n) is 6.99. The SMILES string of the molecule is [C]1C2C=CC=CC2C2C1C1C=CC=CC1C1C=CC=CC12. The van der Waals surface area contributed by atoms with Crippen molar-refractivity contribution in [3.05, 3.63) is 79.3 Å². The molecule has 0 bridgehead atoms. The van der Waals surface area contributed by atoms with E-state index in [1.165, 1.54) is 0 Å². The van der Waals surface area contributed by atoms with Gasteiger partial charge in [0.2, 0.25) is 0 Å². The highest BCUT2D eigenvalue weighted by Crippen LogP contribution is 2.60. The summed E-state index contributed by atoms with van der Waals surface area (Å²) in [6.45, 7) is 0. The lowest BCUT2D eigenvalue weighted by atomic mass is 9.55. The van der Waals surface area contributed by atoms with Crippen molar-refractivity contribution in [2.24, 2.45) is 47.3 Å². The van der Waals surface area contributed by atoms with E-state index in [2.05, 4.69) is 79.3 Å². The van der Waals surface area contributed by atoms with Crippen LogP contribution in [0.3, 0.4) is 0 Å². The fraction of sp³-hybridized carbons (Fsp3) is 0.381. The van der Waals surface area contributed by atoms with Crippen molar-refractivity contribution in [3.63, 3.8) is 0 Å². The van der Waals surface area contributed by atoms with Gasteiger partial charge in [-0.3, -0.25) is 0 Å². The van der Waals surface area contributed by atoms with Crippen LogP contribution in [0.5, 0.6) is 0 Å². The summed E-state index contributed by atoms with van der Waals surface area (Å²) in [4.78, 5) is 0. The van der Waals surface area contributed by atoms with Crippen LogP contribution in [0, 0.1) is 53.8 Å². The summed E-state index contributed by atoms with van der Waals surface area (Å²) in [6.07, 6.45) is 32.0. The summed E-state index contributed by atoms with van der Waals surface area (Å²) in [5.74, 6) is 5.16. The third-order valence-corrected chi connectivity index (χ3v) is 6.17. The van der Waals surface area contributed by atoms with Crippen molar-refractivity contribution in [1.82, 2.24) is 0 Å². The van der Waals surface area contributed by atoms with Crippen LogP contribution in [0.25, 0.3) is 0 Å². The Morgan fingerprint density at radius 3 is 1.76 bits per heavy atom. The lowest BCUT2D eigenvalue weighted by Gasteiger charge is -2.49. The predicted molar refractivity (Wildman–Crippen MR) is 86.0 cm³/mol. The van der Waals surface area contributed by atoms with E-state index in [1.807, 2.05) is 0 Å². The molecule has 0 aromatic carbocycles. The van der Waals surface area contributed by atoms with Crippen molar-refractivity contribution in [3.8, 4) is 0 Å². The van der Waals surface area contributed by atoms with Crippen molar-refractivity contribution >= 4 is 0 Å². The third kappa shape index (κ3) is 1.62. The molecule has 8 atom stereocenters. The minimum Gasteiger partial charge on any atom is -0.0805 e. The summed E-state index contributed by atoms with van der Waals surface area (Å²) in [7, 11) is 0. The van der Waals surface area contributed by atoms with Crippen LogP contribution in [0.2, 0.25) is 0 Å². The molecule has 2 radical (unpaired) electrons. The first-order valence-electron chi connectivity index (χ1n) is 8.24. The zero-order valence-corrected chi connectivity index (χ0v) is 12.0. The second kappa shape index (κ2) is 4.47. The molecule has 0 aliphatic heterocycles. The van der Waals surface area contributed by atoms with Crippen molar-refractivity contribution < 1.29 is 0 Å². The lowest BCUT2D eigenvalue weighted by Crippen LogP contribution is -2.44. The molecule has 5 aliphatic carbocycles. The first-order valence-corrected chi connectivity index (χ1v) is 8.24. The zero-order chi connectivity index (χ0) is 13.8. The van der Waals surface area contributed by atoms with E-state index in [-0.39, 0.29) is 0 Å². The Hall–Kier alpha value is -1.56. The second-order valence-corrected chi connectivity index (χ2v) is 6.99. The quantitative estimate of drug-likeness (QED) is 0.613. The highest BCUT2D eigenvalue weighted by atomic mass is 14.6. The molecule has 0 aromatic rings. The van der Waals surface area contributed by atoms with Gasteiger partial charge in [0.05, 0.1) is 0 Å². The van der Waals surface area contributed by atoms with Crippen LogP contribution < -0.4 is 0 Å². The van der Waals surface area contributed by atoms with E-state index in [9.17, 15) is 0 Å². The normalized spacial score (nSPS) is 51.4. The van der Waals surface area contributed by atoms with Crippen LogP contribution in [0.4, 0.5) is 0 Å². The molecular formula is C21H20. The fourth-order valence-corrected chi connectivity index (χ4v) is 5.39. The van der Waals surface area contributed by atoms with E-state index in [0.29, 0.717) is 41.4 Å². The van der Waals surface area contributed by atoms with Gasteiger partial charge < -0.3 is 0 Å². The van der Waals surface area contributed by atoms with Gasteiger partial charge in [0.1, 0.15) is 0 Å². The Kier molecular flexibility index (Phi) is 2.56. The molecular weight excluding hydrogens is 252 g/mol. The molecule has 2 saturated carbocycles. The molecule has 8 unspecified atom stereocenters. The average molecular weight is 272 g/mol. The molecule has 0 amide bonds. The molecule has 5 aliphatic rings.